The maximum Gasteiger partial charge on any atom is 0.0796 e. The third-order valence-corrected chi connectivity index (χ3v) is 10.9. The van der Waals surface area contributed by atoms with Crippen molar-refractivity contribution in [2.24, 2.45) is 40.4 Å². The number of aliphatic hydroxyl groups is 3. The van der Waals surface area contributed by atoms with Gasteiger partial charge in [-0.1, -0.05) is 13.8 Å². The second-order valence-electron chi connectivity index (χ2n) is 11.4. The first kappa shape index (κ1) is 19.4. The lowest BCUT2D eigenvalue weighted by atomic mass is 9.43. The minimum Gasteiger partial charge on any atom is -0.392 e. The molecule has 1 aliphatic heterocycles. The van der Waals surface area contributed by atoms with Gasteiger partial charge in [0.2, 0.25) is 0 Å². The van der Waals surface area contributed by atoms with E-state index in [0.717, 1.165) is 32.4 Å². The molecule has 164 valence electrons. The van der Waals surface area contributed by atoms with Crippen LogP contribution in [0, 0.1) is 40.4 Å². The van der Waals surface area contributed by atoms with Crippen molar-refractivity contribution in [1.82, 2.24) is 4.90 Å². The number of rotatable bonds is 3. The highest BCUT2D eigenvalue weighted by Gasteiger charge is 2.85. The summed E-state index contributed by atoms with van der Waals surface area (Å²) in [4.78, 5) is 2.55. The van der Waals surface area contributed by atoms with Gasteiger partial charge in [0, 0.05) is 62.3 Å². The van der Waals surface area contributed by atoms with Crippen LogP contribution in [0.4, 0.5) is 0 Å². The number of likely N-dealkylation sites (tertiary alicyclic amines) is 1. The van der Waals surface area contributed by atoms with Crippen molar-refractivity contribution < 1.29 is 24.8 Å². The van der Waals surface area contributed by atoms with Gasteiger partial charge in [-0.3, -0.25) is 4.90 Å². The highest BCUT2D eigenvalue weighted by Crippen LogP contribution is 2.79. The van der Waals surface area contributed by atoms with Gasteiger partial charge in [-0.2, -0.15) is 0 Å². The largest absolute Gasteiger partial charge is 0.392 e. The van der Waals surface area contributed by atoms with Crippen LogP contribution in [0.3, 0.4) is 0 Å². The Kier molecular flexibility index (Phi) is 3.86. The van der Waals surface area contributed by atoms with Gasteiger partial charge in [0.15, 0.2) is 0 Å². The summed E-state index contributed by atoms with van der Waals surface area (Å²) in [5, 5.41) is 35.4. The van der Waals surface area contributed by atoms with E-state index in [2.05, 4.69) is 18.7 Å². The van der Waals surface area contributed by atoms with Gasteiger partial charge in [0.1, 0.15) is 0 Å². The Morgan fingerprint density at radius 2 is 1.90 bits per heavy atom. The Morgan fingerprint density at radius 1 is 1.14 bits per heavy atom. The first-order valence-corrected chi connectivity index (χ1v) is 11.7. The average Bonchev–Trinajstić information content (AvgIpc) is 3.11. The third-order valence-electron chi connectivity index (χ3n) is 10.9. The molecule has 0 aromatic heterocycles. The molecular weight excluding hydrogens is 370 g/mol. The second kappa shape index (κ2) is 5.76. The number of hydrogen-bond acceptors (Lipinski definition) is 6. The van der Waals surface area contributed by atoms with Crippen molar-refractivity contribution in [2.45, 2.75) is 75.6 Å². The molecule has 1 spiro atoms. The molecule has 3 N–H and O–H groups in total. The topological polar surface area (TPSA) is 82.4 Å². The van der Waals surface area contributed by atoms with E-state index in [4.69, 9.17) is 9.47 Å². The Bertz CT molecular complexity index is 719. The molecule has 0 radical (unpaired) electrons. The summed E-state index contributed by atoms with van der Waals surface area (Å²) in [6.45, 7) is 6.52. The van der Waals surface area contributed by atoms with Crippen molar-refractivity contribution in [1.29, 1.82) is 0 Å². The minimum atomic E-state index is -1.01. The molecule has 6 fully saturated rings. The number of ether oxygens (including phenoxy) is 2. The van der Waals surface area contributed by atoms with Gasteiger partial charge in [-0.05, 0) is 37.1 Å². The zero-order valence-electron chi connectivity index (χ0n) is 18.1. The number of nitrogens with zero attached hydrogens (tertiary/aromatic N) is 1. The van der Waals surface area contributed by atoms with Crippen LogP contribution in [-0.4, -0.2) is 83.6 Å². The Hall–Kier alpha value is -0.240. The van der Waals surface area contributed by atoms with Crippen molar-refractivity contribution in [3.8, 4) is 0 Å². The van der Waals surface area contributed by atoms with Crippen LogP contribution in [0.25, 0.3) is 0 Å². The standard InChI is InChI=1S/C23H37NO5/c1-5-24-10-21(2)7-6-14(25)23-12-8-11-13(28-3)9-22(27,15(12)17(11)26)16(20(23)24)18(29-4)19(21)23/h11-20,25-27H,5-10H2,1-4H3/t11-,12-,13+,14-,15-,16-,17-,18-,19+,20+,21-,22-,23-/m1/s1. The van der Waals surface area contributed by atoms with E-state index in [9.17, 15) is 15.3 Å². The summed E-state index contributed by atoms with van der Waals surface area (Å²) >= 11 is 0. The lowest BCUT2D eigenvalue weighted by Crippen LogP contribution is -2.75. The van der Waals surface area contributed by atoms with Crippen molar-refractivity contribution in [3.05, 3.63) is 0 Å². The van der Waals surface area contributed by atoms with E-state index in [1.807, 2.05) is 0 Å². The van der Waals surface area contributed by atoms with E-state index < -0.39 is 17.8 Å². The van der Waals surface area contributed by atoms with E-state index in [1.54, 1.807) is 14.2 Å². The SMILES string of the molecule is CCN1C[C@@]2(C)CC[C@@H](O)[C@]34[C@@H]5C[C@H]6[C@@H](O)[C@@H]5[C@](O)(C[C@@H]6OC)[C@H]([C@@H](OC)[C@@H]23)[C@H]14. The fourth-order valence-corrected chi connectivity index (χ4v) is 10.4. The summed E-state index contributed by atoms with van der Waals surface area (Å²) < 4.78 is 12.1. The highest BCUT2D eigenvalue weighted by atomic mass is 16.5. The molecular formula is C23H37NO5. The molecule has 0 unspecified atom stereocenters. The molecule has 29 heavy (non-hydrogen) atoms. The average molecular weight is 408 g/mol. The van der Waals surface area contributed by atoms with Crippen LogP contribution in [0.5, 0.6) is 0 Å². The van der Waals surface area contributed by atoms with Crippen molar-refractivity contribution >= 4 is 0 Å². The van der Waals surface area contributed by atoms with Crippen LogP contribution in [0.1, 0.15) is 39.5 Å². The first-order valence-electron chi connectivity index (χ1n) is 11.7. The Labute approximate surface area is 173 Å². The van der Waals surface area contributed by atoms with Crippen molar-refractivity contribution in [2.75, 3.05) is 27.3 Å². The zero-order valence-corrected chi connectivity index (χ0v) is 18.1. The second-order valence-corrected chi connectivity index (χ2v) is 11.4. The molecule has 13 atom stereocenters. The summed E-state index contributed by atoms with van der Waals surface area (Å²) in [5.41, 5.74) is -1.24. The normalized spacial score (nSPS) is 65.1. The lowest BCUT2D eigenvalue weighted by molar-refractivity contribution is -0.266. The smallest absolute Gasteiger partial charge is 0.0796 e. The first-order chi connectivity index (χ1) is 13.8. The maximum atomic E-state index is 12.4. The molecule has 7 bridgehead atoms. The van der Waals surface area contributed by atoms with E-state index in [0.29, 0.717) is 6.42 Å². The molecule has 0 aromatic carbocycles. The van der Waals surface area contributed by atoms with Gasteiger partial charge in [-0.25, -0.2) is 0 Å². The quantitative estimate of drug-likeness (QED) is 0.644. The summed E-state index contributed by atoms with van der Waals surface area (Å²) in [5.74, 6) is 0.119. The monoisotopic (exact) mass is 407 g/mol. The van der Waals surface area contributed by atoms with Gasteiger partial charge in [-0.15, -0.1) is 0 Å². The number of aliphatic hydroxyl groups excluding tert-OH is 2. The molecule has 6 heteroatoms. The van der Waals surface area contributed by atoms with Crippen LogP contribution < -0.4 is 0 Å². The van der Waals surface area contributed by atoms with E-state index in [1.165, 1.54) is 0 Å². The lowest BCUT2D eigenvalue weighted by Gasteiger charge is -2.68. The molecule has 0 amide bonds. The zero-order chi connectivity index (χ0) is 20.5. The van der Waals surface area contributed by atoms with Gasteiger partial charge in [0.05, 0.1) is 30.0 Å². The van der Waals surface area contributed by atoms with Crippen LogP contribution in [0.2, 0.25) is 0 Å². The number of methoxy groups -OCH3 is 2. The van der Waals surface area contributed by atoms with Crippen molar-refractivity contribution in [3.63, 3.8) is 0 Å². The summed E-state index contributed by atoms with van der Waals surface area (Å²) in [6, 6.07) is 0.110. The van der Waals surface area contributed by atoms with E-state index in [-0.39, 0.29) is 58.7 Å². The van der Waals surface area contributed by atoms with Gasteiger partial charge in [0.25, 0.3) is 0 Å². The maximum absolute atomic E-state index is 12.4. The van der Waals surface area contributed by atoms with Gasteiger partial charge < -0.3 is 24.8 Å². The van der Waals surface area contributed by atoms with Crippen LogP contribution >= 0.6 is 0 Å². The summed E-state index contributed by atoms with van der Waals surface area (Å²) in [6.07, 6.45) is 2.05. The Balaban J connectivity index is 1.63. The van der Waals surface area contributed by atoms with Crippen LogP contribution in [-0.2, 0) is 9.47 Å². The fourth-order valence-electron chi connectivity index (χ4n) is 10.4. The minimum absolute atomic E-state index is 0.0566. The summed E-state index contributed by atoms with van der Waals surface area (Å²) in [7, 11) is 3.49. The third kappa shape index (κ3) is 1.85. The van der Waals surface area contributed by atoms with E-state index >= 15 is 0 Å². The molecule has 5 saturated carbocycles. The highest BCUT2D eigenvalue weighted by molar-refractivity contribution is 5.35. The predicted octanol–water partition coefficient (Wildman–Crippen LogP) is 0.876. The fraction of sp³-hybridized carbons (Fsp3) is 1.00. The molecule has 6 rings (SSSR count). The number of piperidine rings is 1. The predicted molar refractivity (Wildman–Crippen MR) is 106 cm³/mol. The van der Waals surface area contributed by atoms with Crippen LogP contribution in [0.15, 0.2) is 0 Å². The number of hydrogen-bond donors (Lipinski definition) is 3. The molecule has 5 aliphatic carbocycles. The number of fused-ring (bicyclic) bond motifs is 2. The molecule has 1 saturated heterocycles. The Morgan fingerprint density at radius 3 is 2.55 bits per heavy atom. The molecule has 6 nitrogen and oxygen atoms in total. The molecule has 1 heterocycles. The molecule has 0 aromatic rings. The molecule has 6 aliphatic rings. The van der Waals surface area contributed by atoms with Gasteiger partial charge >= 0.3 is 0 Å².